The van der Waals surface area contributed by atoms with Crippen molar-refractivity contribution < 1.29 is 29.3 Å². The van der Waals surface area contributed by atoms with Crippen LogP contribution < -0.4 is 4.74 Å². The molecule has 2 N–H and O–H groups in total. The Kier molecular flexibility index (Phi) is 7.62. The number of aliphatic hydroxyl groups excluding tert-OH is 2. The van der Waals surface area contributed by atoms with Gasteiger partial charge >= 0.3 is 5.69 Å². The summed E-state index contributed by atoms with van der Waals surface area (Å²) in [6.07, 6.45) is -0.917. The standard InChI is InChI=1S/C13H19NO7/c1-19-4-5-20-8-11(16)9-21-13-6-10(7-15)2-3-12(13)14(17)18/h2-3,6,11,15-16H,4-5,7-9H2,1H3. The summed E-state index contributed by atoms with van der Waals surface area (Å²) in [5, 5.41) is 29.6. The molecular weight excluding hydrogens is 282 g/mol. The molecule has 0 spiro atoms. The van der Waals surface area contributed by atoms with Gasteiger partial charge in [0, 0.05) is 13.2 Å². The first-order chi connectivity index (χ1) is 10.1. The summed E-state index contributed by atoms with van der Waals surface area (Å²) in [4.78, 5) is 10.3. The van der Waals surface area contributed by atoms with E-state index in [-0.39, 0.29) is 31.3 Å². The van der Waals surface area contributed by atoms with Crippen molar-refractivity contribution in [2.45, 2.75) is 12.7 Å². The fourth-order valence-electron chi connectivity index (χ4n) is 1.52. The first kappa shape index (κ1) is 17.3. The predicted octanol–water partition coefficient (Wildman–Crippen LogP) is 0.490. The number of methoxy groups -OCH3 is 1. The molecule has 0 fully saturated rings. The zero-order valence-corrected chi connectivity index (χ0v) is 11.7. The average Bonchev–Trinajstić information content (AvgIpc) is 2.49. The molecule has 0 aliphatic rings. The monoisotopic (exact) mass is 301 g/mol. The molecule has 1 unspecified atom stereocenters. The third-order valence-electron chi connectivity index (χ3n) is 2.58. The lowest BCUT2D eigenvalue weighted by atomic mass is 10.2. The number of rotatable bonds is 10. The quantitative estimate of drug-likeness (QED) is 0.367. The number of hydrogen-bond donors (Lipinski definition) is 2. The van der Waals surface area contributed by atoms with Crippen LogP contribution in [0.25, 0.3) is 0 Å². The summed E-state index contributed by atoms with van der Waals surface area (Å²) in [7, 11) is 1.54. The van der Waals surface area contributed by atoms with E-state index in [9.17, 15) is 15.2 Å². The van der Waals surface area contributed by atoms with Gasteiger partial charge in [0.15, 0.2) is 5.75 Å². The minimum absolute atomic E-state index is 0.00231. The van der Waals surface area contributed by atoms with Gasteiger partial charge in [-0.2, -0.15) is 0 Å². The van der Waals surface area contributed by atoms with Crippen LogP contribution in [0.1, 0.15) is 5.56 Å². The lowest BCUT2D eigenvalue weighted by Crippen LogP contribution is -2.24. The molecule has 0 bridgehead atoms. The molecule has 0 saturated carbocycles. The number of nitro groups is 1. The normalized spacial score (nSPS) is 12.1. The van der Waals surface area contributed by atoms with E-state index in [1.807, 2.05) is 0 Å². The molecule has 1 aromatic carbocycles. The maximum atomic E-state index is 10.9. The third kappa shape index (κ3) is 6.05. The summed E-state index contributed by atoms with van der Waals surface area (Å²) in [5.41, 5.74) is 0.265. The van der Waals surface area contributed by atoms with Crippen molar-refractivity contribution in [1.29, 1.82) is 0 Å². The Morgan fingerprint density at radius 3 is 2.71 bits per heavy atom. The van der Waals surface area contributed by atoms with Crippen molar-refractivity contribution in [3.63, 3.8) is 0 Å². The van der Waals surface area contributed by atoms with Crippen molar-refractivity contribution in [1.82, 2.24) is 0 Å². The van der Waals surface area contributed by atoms with Crippen molar-refractivity contribution in [2.75, 3.05) is 33.5 Å². The maximum absolute atomic E-state index is 10.9. The second-order valence-corrected chi connectivity index (χ2v) is 4.25. The molecule has 1 rings (SSSR count). The highest BCUT2D eigenvalue weighted by Gasteiger charge is 2.17. The molecule has 8 nitrogen and oxygen atoms in total. The summed E-state index contributed by atoms with van der Waals surface area (Å²) < 4.78 is 15.1. The fraction of sp³-hybridized carbons (Fsp3) is 0.538. The Balaban J connectivity index is 2.54. The largest absolute Gasteiger partial charge is 0.484 e. The van der Waals surface area contributed by atoms with E-state index in [1.54, 1.807) is 0 Å². The van der Waals surface area contributed by atoms with Crippen LogP contribution >= 0.6 is 0 Å². The van der Waals surface area contributed by atoms with Gasteiger partial charge in [-0.1, -0.05) is 0 Å². The van der Waals surface area contributed by atoms with Crippen LogP contribution in [-0.4, -0.2) is 54.8 Å². The van der Waals surface area contributed by atoms with Gasteiger partial charge in [0.2, 0.25) is 0 Å². The Morgan fingerprint density at radius 1 is 1.33 bits per heavy atom. The Morgan fingerprint density at radius 2 is 2.10 bits per heavy atom. The van der Waals surface area contributed by atoms with E-state index in [2.05, 4.69) is 0 Å². The van der Waals surface area contributed by atoms with Gasteiger partial charge in [-0.25, -0.2) is 0 Å². The molecule has 0 amide bonds. The molecule has 1 atom stereocenters. The number of benzene rings is 1. The molecule has 8 heteroatoms. The zero-order valence-electron chi connectivity index (χ0n) is 11.7. The molecule has 0 aromatic heterocycles. The molecule has 0 radical (unpaired) electrons. The number of hydrogen-bond acceptors (Lipinski definition) is 7. The third-order valence-corrected chi connectivity index (χ3v) is 2.58. The predicted molar refractivity (Wildman–Crippen MR) is 73.2 cm³/mol. The van der Waals surface area contributed by atoms with Crippen molar-refractivity contribution in [3.05, 3.63) is 33.9 Å². The van der Waals surface area contributed by atoms with Crippen LogP contribution in [0.5, 0.6) is 5.75 Å². The first-order valence-corrected chi connectivity index (χ1v) is 6.34. The molecule has 0 saturated heterocycles. The number of ether oxygens (including phenoxy) is 3. The zero-order chi connectivity index (χ0) is 15.7. The summed E-state index contributed by atoms with van der Waals surface area (Å²) in [5.74, 6) is 0.00231. The van der Waals surface area contributed by atoms with Gasteiger partial charge in [0.25, 0.3) is 0 Å². The van der Waals surface area contributed by atoms with Crippen LogP contribution in [-0.2, 0) is 16.1 Å². The summed E-state index contributed by atoms with van der Waals surface area (Å²) in [6.45, 7) is 0.391. The van der Waals surface area contributed by atoms with E-state index < -0.39 is 11.0 Å². The maximum Gasteiger partial charge on any atom is 0.310 e. The van der Waals surface area contributed by atoms with E-state index in [0.717, 1.165) is 0 Å². The molecule has 21 heavy (non-hydrogen) atoms. The van der Waals surface area contributed by atoms with Crippen LogP contribution in [0, 0.1) is 10.1 Å². The number of nitro benzene ring substituents is 1. The molecule has 118 valence electrons. The fourth-order valence-corrected chi connectivity index (χ4v) is 1.52. The van der Waals surface area contributed by atoms with Gasteiger partial charge in [0.1, 0.15) is 12.7 Å². The average molecular weight is 301 g/mol. The van der Waals surface area contributed by atoms with E-state index >= 15 is 0 Å². The highest BCUT2D eigenvalue weighted by atomic mass is 16.6. The van der Waals surface area contributed by atoms with Crippen LogP contribution in [0.15, 0.2) is 18.2 Å². The highest BCUT2D eigenvalue weighted by molar-refractivity contribution is 5.48. The van der Waals surface area contributed by atoms with E-state index in [0.29, 0.717) is 18.8 Å². The number of aliphatic hydroxyl groups is 2. The second kappa shape index (κ2) is 9.24. The molecule has 1 aromatic rings. The van der Waals surface area contributed by atoms with Crippen LogP contribution in [0.2, 0.25) is 0 Å². The molecule has 0 aliphatic carbocycles. The minimum atomic E-state index is -0.917. The van der Waals surface area contributed by atoms with Gasteiger partial charge in [-0.15, -0.1) is 0 Å². The van der Waals surface area contributed by atoms with Crippen molar-refractivity contribution >= 4 is 5.69 Å². The van der Waals surface area contributed by atoms with Gasteiger partial charge in [-0.3, -0.25) is 10.1 Å². The van der Waals surface area contributed by atoms with Gasteiger partial charge in [-0.05, 0) is 17.7 Å². The highest BCUT2D eigenvalue weighted by Crippen LogP contribution is 2.28. The van der Waals surface area contributed by atoms with E-state index in [4.69, 9.17) is 19.3 Å². The van der Waals surface area contributed by atoms with Gasteiger partial charge in [0.05, 0.1) is 31.4 Å². The van der Waals surface area contributed by atoms with Crippen molar-refractivity contribution in [3.8, 4) is 5.75 Å². The number of nitrogens with zero attached hydrogens (tertiary/aromatic N) is 1. The van der Waals surface area contributed by atoms with Crippen molar-refractivity contribution in [2.24, 2.45) is 0 Å². The second-order valence-electron chi connectivity index (χ2n) is 4.25. The Bertz CT molecular complexity index is 452. The van der Waals surface area contributed by atoms with E-state index in [1.165, 1.54) is 25.3 Å². The summed E-state index contributed by atoms with van der Waals surface area (Å²) >= 11 is 0. The summed E-state index contributed by atoms with van der Waals surface area (Å²) in [6, 6.07) is 4.06. The lowest BCUT2D eigenvalue weighted by Gasteiger charge is -2.13. The minimum Gasteiger partial charge on any atom is -0.484 e. The first-order valence-electron chi connectivity index (χ1n) is 6.34. The van der Waals surface area contributed by atoms with Gasteiger partial charge < -0.3 is 24.4 Å². The smallest absolute Gasteiger partial charge is 0.310 e. The molecular formula is C13H19NO7. The lowest BCUT2D eigenvalue weighted by molar-refractivity contribution is -0.386. The van der Waals surface area contributed by atoms with Crippen LogP contribution in [0.3, 0.4) is 0 Å². The van der Waals surface area contributed by atoms with Crippen LogP contribution in [0.4, 0.5) is 5.69 Å². The Labute approximate surface area is 122 Å². The molecule has 0 aliphatic heterocycles. The molecule has 0 heterocycles. The topological polar surface area (TPSA) is 111 Å². The SMILES string of the molecule is COCCOCC(O)COc1cc(CO)ccc1[N+](=O)[O-]. The Hall–Kier alpha value is -1.74.